The number of rotatable bonds is 6. The number of hydrogen-bond donors (Lipinski definition) is 2. The van der Waals surface area contributed by atoms with Gasteiger partial charge in [0.25, 0.3) is 5.91 Å². The van der Waals surface area contributed by atoms with Crippen molar-refractivity contribution in [3.63, 3.8) is 0 Å². The highest BCUT2D eigenvalue weighted by atomic mass is 16.1. The fourth-order valence-electron chi connectivity index (χ4n) is 3.97. The molecule has 0 aliphatic heterocycles. The molecular formula is C26H28N4O. The second-order valence-corrected chi connectivity index (χ2v) is 7.98. The second-order valence-electron chi connectivity index (χ2n) is 7.98. The molecular weight excluding hydrogens is 384 g/mol. The first-order valence-corrected chi connectivity index (χ1v) is 10.7. The zero-order valence-electron chi connectivity index (χ0n) is 17.2. The van der Waals surface area contributed by atoms with E-state index >= 15 is 0 Å². The Kier molecular flexibility index (Phi) is 5.31. The minimum absolute atomic E-state index is 0. The van der Waals surface area contributed by atoms with Crippen LogP contribution in [-0.2, 0) is 0 Å². The van der Waals surface area contributed by atoms with Crippen molar-refractivity contribution in [1.82, 2.24) is 15.3 Å². The van der Waals surface area contributed by atoms with Gasteiger partial charge in [-0.15, -0.1) is 0 Å². The van der Waals surface area contributed by atoms with Crippen LogP contribution in [0.4, 0.5) is 11.4 Å². The number of anilines is 2. The van der Waals surface area contributed by atoms with Gasteiger partial charge in [-0.25, -0.2) is 9.97 Å². The predicted octanol–water partition coefficient (Wildman–Crippen LogP) is 5.77. The standard InChI is InChI=1S/C26H24N4O.2H2/c31-26(30-25-16-23(25)18-5-2-1-3-6-18)20-7-4-8-22(15-20)29-21-11-9-19(10-12-21)24-13-14-27-17-28-24;;/h2,4-15,17,23,25,29H,1,3,16H2,(H,30,31);2*1H/t23-,25+;;/m0../s1. The molecule has 1 saturated carbocycles. The molecule has 1 fully saturated rings. The molecule has 2 N–H and O–H groups in total. The molecule has 2 aromatic carbocycles. The number of carbonyl (C=O) groups excluding carboxylic acids is 1. The van der Waals surface area contributed by atoms with Gasteiger partial charge in [0.05, 0.1) is 5.69 Å². The summed E-state index contributed by atoms with van der Waals surface area (Å²) in [6, 6.07) is 17.8. The third-order valence-corrected chi connectivity index (χ3v) is 5.73. The zero-order valence-corrected chi connectivity index (χ0v) is 17.2. The van der Waals surface area contributed by atoms with E-state index in [0.29, 0.717) is 11.5 Å². The number of nitrogens with zero attached hydrogens (tertiary/aromatic N) is 2. The highest BCUT2D eigenvalue weighted by Crippen LogP contribution is 2.39. The maximum Gasteiger partial charge on any atom is 0.251 e. The van der Waals surface area contributed by atoms with Crippen LogP contribution in [-0.4, -0.2) is 21.9 Å². The van der Waals surface area contributed by atoms with Gasteiger partial charge in [0.15, 0.2) is 0 Å². The SMILES string of the molecule is O=C(N[C@@H]1C[C@H]1C1=CCCC=C1)c1cccc(Nc2ccc(-c3ccncn3)cc2)c1.[HH].[HH]. The lowest BCUT2D eigenvalue weighted by Crippen LogP contribution is -2.27. The maximum atomic E-state index is 12.7. The van der Waals surface area contributed by atoms with E-state index in [2.05, 4.69) is 38.8 Å². The van der Waals surface area contributed by atoms with Crippen LogP contribution in [0.3, 0.4) is 0 Å². The molecule has 0 saturated heterocycles. The molecule has 1 aromatic heterocycles. The van der Waals surface area contributed by atoms with Crippen molar-refractivity contribution in [3.8, 4) is 11.3 Å². The van der Waals surface area contributed by atoms with Gasteiger partial charge in [0, 0.05) is 43.5 Å². The molecule has 2 atom stereocenters. The van der Waals surface area contributed by atoms with Crippen LogP contribution < -0.4 is 10.6 Å². The van der Waals surface area contributed by atoms with E-state index in [0.717, 1.165) is 41.9 Å². The van der Waals surface area contributed by atoms with Gasteiger partial charge in [-0.2, -0.15) is 0 Å². The van der Waals surface area contributed by atoms with Gasteiger partial charge in [0.2, 0.25) is 0 Å². The minimum atomic E-state index is -0.0179. The van der Waals surface area contributed by atoms with Crippen LogP contribution in [0.5, 0.6) is 0 Å². The number of nitrogens with one attached hydrogen (secondary N) is 2. The second kappa shape index (κ2) is 8.56. The molecule has 0 bridgehead atoms. The van der Waals surface area contributed by atoms with E-state index in [4.69, 9.17) is 0 Å². The number of benzene rings is 2. The van der Waals surface area contributed by atoms with E-state index in [1.54, 1.807) is 12.5 Å². The van der Waals surface area contributed by atoms with Crippen molar-refractivity contribution < 1.29 is 7.65 Å². The molecule has 1 amide bonds. The van der Waals surface area contributed by atoms with Crippen molar-refractivity contribution in [2.24, 2.45) is 5.92 Å². The summed E-state index contributed by atoms with van der Waals surface area (Å²) in [5.74, 6) is 0.450. The molecule has 31 heavy (non-hydrogen) atoms. The molecule has 5 heteroatoms. The first kappa shape index (κ1) is 19.2. The van der Waals surface area contributed by atoms with Crippen LogP contribution in [0.15, 0.2) is 90.9 Å². The molecule has 2 aliphatic rings. The Bertz CT molecular complexity index is 1150. The Hall–Kier alpha value is -3.73. The Labute approximate surface area is 184 Å². The highest BCUT2D eigenvalue weighted by Gasteiger charge is 2.40. The van der Waals surface area contributed by atoms with Gasteiger partial charge in [-0.05, 0) is 61.2 Å². The monoisotopic (exact) mass is 412 g/mol. The quantitative estimate of drug-likeness (QED) is 0.539. The summed E-state index contributed by atoms with van der Waals surface area (Å²) in [7, 11) is 0. The third kappa shape index (κ3) is 4.56. The molecule has 0 unspecified atom stereocenters. The summed E-state index contributed by atoms with van der Waals surface area (Å²) in [6.07, 6.45) is 13.3. The molecule has 0 radical (unpaired) electrons. The van der Waals surface area contributed by atoms with Crippen LogP contribution in [0, 0.1) is 5.92 Å². The summed E-state index contributed by atoms with van der Waals surface area (Å²) in [5.41, 5.74) is 5.79. The largest absolute Gasteiger partial charge is 0.356 e. The Morgan fingerprint density at radius 3 is 2.71 bits per heavy atom. The molecule has 1 heterocycles. The topological polar surface area (TPSA) is 66.9 Å². The van der Waals surface area contributed by atoms with Crippen LogP contribution in [0.1, 0.15) is 32.5 Å². The lowest BCUT2D eigenvalue weighted by Gasteiger charge is -2.10. The fourth-order valence-corrected chi connectivity index (χ4v) is 3.97. The smallest absolute Gasteiger partial charge is 0.251 e. The van der Waals surface area contributed by atoms with Crippen LogP contribution in [0.25, 0.3) is 11.3 Å². The van der Waals surface area contributed by atoms with Gasteiger partial charge in [-0.1, -0.05) is 36.4 Å². The summed E-state index contributed by atoms with van der Waals surface area (Å²) in [5, 5.41) is 6.56. The summed E-state index contributed by atoms with van der Waals surface area (Å²) < 4.78 is 0. The maximum absolute atomic E-state index is 12.7. The lowest BCUT2D eigenvalue weighted by atomic mass is 10.0. The van der Waals surface area contributed by atoms with Crippen molar-refractivity contribution in [1.29, 1.82) is 0 Å². The summed E-state index contributed by atoms with van der Waals surface area (Å²) in [4.78, 5) is 21.0. The van der Waals surface area contributed by atoms with Crippen LogP contribution in [0.2, 0.25) is 0 Å². The lowest BCUT2D eigenvalue weighted by molar-refractivity contribution is 0.0950. The van der Waals surface area contributed by atoms with E-state index in [9.17, 15) is 4.79 Å². The van der Waals surface area contributed by atoms with E-state index < -0.39 is 0 Å². The van der Waals surface area contributed by atoms with E-state index in [1.165, 1.54) is 5.57 Å². The first-order chi connectivity index (χ1) is 15.3. The van der Waals surface area contributed by atoms with E-state index in [-0.39, 0.29) is 14.8 Å². The molecule has 158 valence electrons. The van der Waals surface area contributed by atoms with Gasteiger partial charge in [-0.3, -0.25) is 4.79 Å². The van der Waals surface area contributed by atoms with Gasteiger partial charge >= 0.3 is 0 Å². The minimum Gasteiger partial charge on any atom is -0.356 e. The van der Waals surface area contributed by atoms with E-state index in [1.807, 2.05) is 54.6 Å². The number of carbonyl (C=O) groups is 1. The average Bonchev–Trinajstić information content (AvgIpc) is 3.60. The average molecular weight is 413 g/mol. The van der Waals surface area contributed by atoms with Crippen molar-refractivity contribution >= 4 is 17.3 Å². The predicted molar refractivity (Wildman–Crippen MR) is 127 cm³/mol. The molecule has 3 aromatic rings. The zero-order chi connectivity index (χ0) is 21.0. The van der Waals surface area contributed by atoms with Crippen molar-refractivity contribution in [3.05, 3.63) is 96.5 Å². The summed E-state index contributed by atoms with van der Waals surface area (Å²) >= 11 is 0. The summed E-state index contributed by atoms with van der Waals surface area (Å²) in [6.45, 7) is 0. The van der Waals surface area contributed by atoms with Crippen molar-refractivity contribution in [2.75, 3.05) is 5.32 Å². The highest BCUT2D eigenvalue weighted by molar-refractivity contribution is 5.95. The molecule has 5 nitrogen and oxygen atoms in total. The van der Waals surface area contributed by atoms with Crippen molar-refractivity contribution in [2.45, 2.75) is 25.3 Å². The molecule has 2 aliphatic carbocycles. The normalized spacial score (nSPS) is 19.4. The Morgan fingerprint density at radius 2 is 1.94 bits per heavy atom. The molecule has 5 rings (SSSR count). The first-order valence-electron chi connectivity index (χ1n) is 10.7. The Morgan fingerprint density at radius 1 is 1.03 bits per heavy atom. The fraction of sp³-hybridized carbons (Fsp3) is 0.192. The van der Waals surface area contributed by atoms with Gasteiger partial charge < -0.3 is 10.6 Å². The third-order valence-electron chi connectivity index (χ3n) is 5.73. The molecule has 0 spiro atoms. The number of amides is 1. The Balaban J connectivity index is 0.00000153. The number of allylic oxidation sites excluding steroid dienone is 3. The number of aromatic nitrogens is 2. The van der Waals surface area contributed by atoms with Gasteiger partial charge in [0.1, 0.15) is 6.33 Å². The van der Waals surface area contributed by atoms with Crippen LogP contribution >= 0.6 is 0 Å². The number of hydrogen-bond acceptors (Lipinski definition) is 4.